The Hall–Kier alpha value is -1.97. The van der Waals surface area contributed by atoms with Gasteiger partial charge in [-0.3, -0.25) is 9.35 Å². The quantitative estimate of drug-likeness (QED) is 0.492. The van der Waals surface area contributed by atoms with Gasteiger partial charge in [-0.15, -0.1) is 0 Å². The Morgan fingerprint density at radius 1 is 1.25 bits per heavy atom. The van der Waals surface area contributed by atoms with Crippen LogP contribution >= 0.6 is 0 Å². The van der Waals surface area contributed by atoms with Gasteiger partial charge in [0.2, 0.25) is 0 Å². The van der Waals surface area contributed by atoms with Gasteiger partial charge in [-0.2, -0.15) is 8.42 Å². The predicted octanol–water partition coefficient (Wildman–Crippen LogP) is 0.700. The third kappa shape index (κ3) is 6.65. The molecule has 0 aliphatic carbocycles. The van der Waals surface area contributed by atoms with E-state index in [1.807, 2.05) is 0 Å². The van der Waals surface area contributed by atoms with Crippen molar-refractivity contribution in [3.05, 3.63) is 35.9 Å². The Morgan fingerprint density at radius 3 is 2.38 bits per heavy atom. The van der Waals surface area contributed by atoms with Gasteiger partial charge in [0, 0.05) is 7.11 Å². The molecule has 24 heavy (non-hydrogen) atoms. The number of ether oxygens (including phenoxy) is 2. The Kier molecular flexibility index (Phi) is 7.83. The molecule has 1 aromatic rings. The zero-order valence-electron chi connectivity index (χ0n) is 13.5. The van der Waals surface area contributed by atoms with Crippen LogP contribution in [0.1, 0.15) is 25.0 Å². The lowest BCUT2D eigenvalue weighted by Crippen LogP contribution is -2.45. The number of benzene rings is 1. The molecule has 134 valence electrons. The van der Waals surface area contributed by atoms with E-state index in [0.717, 1.165) is 0 Å². The molecule has 1 amide bonds. The van der Waals surface area contributed by atoms with E-state index < -0.39 is 39.9 Å². The normalized spacial score (nSPS) is 13.8. The number of carbonyl (C=O) groups is 2. The highest BCUT2D eigenvalue weighted by molar-refractivity contribution is 7.85. The fourth-order valence-corrected chi connectivity index (χ4v) is 2.56. The Bertz CT molecular complexity index is 645. The number of esters is 1. The van der Waals surface area contributed by atoms with Crippen LogP contribution in [-0.2, 0) is 29.2 Å². The maximum absolute atomic E-state index is 12.4. The van der Waals surface area contributed by atoms with Crippen LogP contribution in [0.3, 0.4) is 0 Å². The highest BCUT2D eigenvalue weighted by atomic mass is 32.2. The minimum atomic E-state index is -4.27. The highest BCUT2D eigenvalue weighted by Crippen LogP contribution is 2.17. The Balaban J connectivity index is 2.86. The number of hydrogen-bond donors (Lipinski definition) is 2. The number of amides is 1. The molecule has 0 aliphatic rings. The third-order valence-corrected chi connectivity index (χ3v) is 3.88. The van der Waals surface area contributed by atoms with E-state index in [1.165, 1.54) is 7.11 Å². The molecular formula is C15H21NO7S. The summed E-state index contributed by atoms with van der Waals surface area (Å²) in [4.78, 5) is 24.3. The van der Waals surface area contributed by atoms with Crippen molar-refractivity contribution in [2.24, 2.45) is 0 Å². The highest BCUT2D eigenvalue weighted by Gasteiger charge is 2.28. The van der Waals surface area contributed by atoms with E-state index >= 15 is 0 Å². The zero-order chi connectivity index (χ0) is 18.2. The van der Waals surface area contributed by atoms with Gasteiger partial charge < -0.3 is 14.8 Å². The summed E-state index contributed by atoms with van der Waals surface area (Å²) in [5.74, 6) is -2.07. The largest absolute Gasteiger partial charge is 0.464 e. The number of nitrogens with one attached hydrogen (secondary N) is 1. The first-order valence-electron chi connectivity index (χ1n) is 7.28. The second-order valence-corrected chi connectivity index (χ2v) is 6.49. The fourth-order valence-electron chi connectivity index (χ4n) is 2.03. The van der Waals surface area contributed by atoms with Crippen LogP contribution in [0.5, 0.6) is 0 Å². The summed E-state index contributed by atoms with van der Waals surface area (Å²) in [5, 5.41) is 2.41. The second-order valence-electron chi connectivity index (χ2n) is 4.91. The molecule has 8 nitrogen and oxygen atoms in total. The lowest BCUT2D eigenvalue weighted by molar-refractivity contribution is -0.148. The van der Waals surface area contributed by atoms with Crippen molar-refractivity contribution in [3.8, 4) is 0 Å². The van der Waals surface area contributed by atoms with Crippen molar-refractivity contribution in [3.63, 3.8) is 0 Å². The average molecular weight is 359 g/mol. The molecule has 2 atom stereocenters. The van der Waals surface area contributed by atoms with Gasteiger partial charge in [0.25, 0.3) is 16.0 Å². The molecule has 1 rings (SSSR count). The van der Waals surface area contributed by atoms with Crippen molar-refractivity contribution < 1.29 is 32.0 Å². The standard InChI is InChI=1S/C15H21NO7S/c1-3-23-15(18)12(9-10-24(19,20)21)16-14(17)13(22-2)11-7-5-4-6-8-11/h4-8,12-13H,3,9-10H2,1-2H3,(H,16,17)(H,19,20,21)/t12-,13?/m0/s1. The molecule has 0 aromatic heterocycles. The minimum Gasteiger partial charge on any atom is -0.464 e. The lowest BCUT2D eigenvalue weighted by Gasteiger charge is -2.21. The van der Waals surface area contributed by atoms with E-state index in [-0.39, 0.29) is 13.0 Å². The first-order valence-corrected chi connectivity index (χ1v) is 8.89. The van der Waals surface area contributed by atoms with Gasteiger partial charge in [-0.1, -0.05) is 30.3 Å². The maximum atomic E-state index is 12.4. The summed E-state index contributed by atoms with van der Waals surface area (Å²) >= 11 is 0. The molecule has 0 aliphatic heterocycles. The number of carbonyl (C=O) groups excluding carboxylic acids is 2. The third-order valence-electron chi connectivity index (χ3n) is 3.13. The summed E-state index contributed by atoms with van der Waals surface area (Å²) in [7, 11) is -2.93. The van der Waals surface area contributed by atoms with Gasteiger partial charge >= 0.3 is 5.97 Å². The van der Waals surface area contributed by atoms with Crippen molar-refractivity contribution in [1.29, 1.82) is 0 Å². The molecule has 9 heteroatoms. The van der Waals surface area contributed by atoms with Gasteiger partial charge in [-0.05, 0) is 18.9 Å². The molecule has 0 spiro atoms. The van der Waals surface area contributed by atoms with Crippen LogP contribution in [0.4, 0.5) is 0 Å². The van der Waals surface area contributed by atoms with E-state index in [2.05, 4.69) is 5.32 Å². The SMILES string of the molecule is CCOC(=O)[C@H](CCS(=O)(=O)O)NC(=O)C(OC)c1ccccc1. The molecular weight excluding hydrogens is 338 g/mol. The summed E-state index contributed by atoms with van der Waals surface area (Å²) < 4.78 is 40.6. The van der Waals surface area contributed by atoms with Crippen molar-refractivity contribution in [1.82, 2.24) is 5.32 Å². The van der Waals surface area contributed by atoms with Crippen molar-refractivity contribution in [2.75, 3.05) is 19.5 Å². The minimum absolute atomic E-state index is 0.0729. The average Bonchev–Trinajstić information content (AvgIpc) is 2.52. The number of methoxy groups -OCH3 is 1. The molecule has 1 unspecified atom stereocenters. The van der Waals surface area contributed by atoms with E-state index in [4.69, 9.17) is 14.0 Å². The van der Waals surface area contributed by atoms with E-state index in [9.17, 15) is 18.0 Å². The smallest absolute Gasteiger partial charge is 0.328 e. The Morgan fingerprint density at radius 2 is 1.88 bits per heavy atom. The lowest BCUT2D eigenvalue weighted by atomic mass is 10.1. The van der Waals surface area contributed by atoms with Gasteiger partial charge in [-0.25, -0.2) is 4.79 Å². The zero-order valence-corrected chi connectivity index (χ0v) is 14.3. The summed E-state index contributed by atoms with van der Waals surface area (Å²) in [6.07, 6.45) is -1.27. The molecule has 0 radical (unpaired) electrons. The van der Waals surface area contributed by atoms with Crippen LogP contribution in [0.15, 0.2) is 30.3 Å². The first-order chi connectivity index (χ1) is 11.3. The fraction of sp³-hybridized carbons (Fsp3) is 0.467. The van der Waals surface area contributed by atoms with Gasteiger partial charge in [0.05, 0.1) is 12.4 Å². The van der Waals surface area contributed by atoms with Crippen LogP contribution in [0, 0.1) is 0 Å². The number of rotatable bonds is 9. The Labute approximate surface area is 140 Å². The van der Waals surface area contributed by atoms with Crippen LogP contribution < -0.4 is 5.32 Å². The molecule has 0 saturated heterocycles. The molecule has 0 fully saturated rings. The summed E-state index contributed by atoms with van der Waals surface area (Å²) in [6, 6.07) is 7.41. The monoisotopic (exact) mass is 359 g/mol. The molecule has 0 bridgehead atoms. The van der Waals surface area contributed by atoms with Crippen LogP contribution in [0.2, 0.25) is 0 Å². The summed E-state index contributed by atoms with van der Waals surface area (Å²) in [6.45, 7) is 1.66. The first kappa shape index (κ1) is 20.1. The summed E-state index contributed by atoms with van der Waals surface area (Å²) in [5.41, 5.74) is 0.579. The number of hydrogen-bond acceptors (Lipinski definition) is 6. The van der Waals surface area contributed by atoms with E-state index in [1.54, 1.807) is 37.3 Å². The topological polar surface area (TPSA) is 119 Å². The van der Waals surface area contributed by atoms with Crippen LogP contribution in [-0.4, -0.2) is 50.4 Å². The maximum Gasteiger partial charge on any atom is 0.328 e. The second kappa shape index (κ2) is 9.36. The molecule has 0 heterocycles. The van der Waals surface area contributed by atoms with E-state index in [0.29, 0.717) is 5.56 Å². The molecule has 2 N–H and O–H groups in total. The van der Waals surface area contributed by atoms with Crippen LogP contribution in [0.25, 0.3) is 0 Å². The van der Waals surface area contributed by atoms with Gasteiger partial charge in [0.1, 0.15) is 6.04 Å². The van der Waals surface area contributed by atoms with Crippen molar-refractivity contribution >= 4 is 22.0 Å². The molecule has 0 saturated carbocycles. The van der Waals surface area contributed by atoms with Crippen molar-refractivity contribution in [2.45, 2.75) is 25.5 Å². The molecule has 1 aromatic carbocycles. The van der Waals surface area contributed by atoms with Gasteiger partial charge in [0.15, 0.2) is 6.10 Å². The predicted molar refractivity (Wildman–Crippen MR) is 85.8 cm³/mol.